The average molecular weight is 313 g/mol. The Hall–Kier alpha value is -1.33. The number of carbonyl (C=O) groups excluding carboxylic acids is 1. The molecule has 0 unspecified atom stereocenters. The van der Waals surface area contributed by atoms with Crippen LogP contribution in [0.5, 0.6) is 5.75 Å². The number of hydrogen-bond donors (Lipinski definition) is 1. The number of rotatable bonds is 2. The third-order valence-corrected chi connectivity index (χ3v) is 3.57. The van der Waals surface area contributed by atoms with Gasteiger partial charge in [0, 0.05) is 4.47 Å². The number of phenolic OH excluding ortho intramolecular Hbond substituents is 1. The molecular formula is C12H9BrO3S. The largest absolute Gasteiger partial charge is 0.508 e. The Balaban J connectivity index is 2.40. The summed E-state index contributed by atoms with van der Waals surface area (Å²) in [5.74, 6) is -0.166. The summed E-state index contributed by atoms with van der Waals surface area (Å²) < 4.78 is 5.44. The molecule has 3 nitrogen and oxygen atoms in total. The van der Waals surface area contributed by atoms with Crippen molar-refractivity contribution >= 4 is 33.2 Å². The fourth-order valence-corrected chi connectivity index (χ4v) is 2.75. The first-order valence-electron chi connectivity index (χ1n) is 4.77. The molecule has 1 aromatic heterocycles. The van der Waals surface area contributed by atoms with Crippen LogP contribution in [0.4, 0.5) is 0 Å². The first-order valence-corrected chi connectivity index (χ1v) is 6.44. The second-order valence-electron chi connectivity index (χ2n) is 3.39. The number of halogens is 1. The molecule has 5 heteroatoms. The zero-order valence-electron chi connectivity index (χ0n) is 8.94. The van der Waals surface area contributed by atoms with E-state index in [1.165, 1.54) is 18.4 Å². The number of benzene rings is 1. The molecule has 17 heavy (non-hydrogen) atoms. The van der Waals surface area contributed by atoms with E-state index in [2.05, 4.69) is 20.7 Å². The molecule has 88 valence electrons. The third-order valence-electron chi connectivity index (χ3n) is 2.20. The molecule has 1 aromatic carbocycles. The Bertz CT molecular complexity index is 542. The van der Waals surface area contributed by atoms with Gasteiger partial charge in [0.2, 0.25) is 0 Å². The fraction of sp³-hybridized carbons (Fsp3) is 0.0833. The molecule has 2 aromatic rings. The summed E-state index contributed by atoms with van der Waals surface area (Å²) in [5.41, 5.74) is 1.73. The number of hydrogen-bond acceptors (Lipinski definition) is 4. The van der Waals surface area contributed by atoms with Crippen LogP contribution in [-0.2, 0) is 4.74 Å². The molecular weight excluding hydrogens is 304 g/mol. The molecule has 0 radical (unpaired) electrons. The minimum atomic E-state index is -0.347. The fourth-order valence-electron chi connectivity index (χ4n) is 1.44. The lowest BCUT2D eigenvalue weighted by molar-refractivity contribution is 0.0606. The zero-order valence-corrected chi connectivity index (χ0v) is 11.3. The summed E-state index contributed by atoms with van der Waals surface area (Å²) in [6.45, 7) is 0. The van der Waals surface area contributed by atoms with Gasteiger partial charge in [0.1, 0.15) is 10.6 Å². The van der Waals surface area contributed by atoms with Gasteiger partial charge in [-0.05, 0) is 40.8 Å². The Morgan fingerprint density at radius 3 is 2.71 bits per heavy atom. The molecule has 0 atom stereocenters. The number of thiophene rings is 1. The Kier molecular flexibility index (Phi) is 3.49. The molecule has 0 aliphatic heterocycles. The first kappa shape index (κ1) is 12.1. The summed E-state index contributed by atoms with van der Waals surface area (Å²) in [5, 5.41) is 11.4. The SMILES string of the molecule is COC(=O)c1cc(-c2cc(O)cc(Br)c2)cs1. The van der Waals surface area contributed by atoms with E-state index in [1.807, 2.05) is 11.4 Å². The first-order chi connectivity index (χ1) is 8.10. The summed E-state index contributed by atoms with van der Waals surface area (Å²) in [7, 11) is 1.35. The normalized spacial score (nSPS) is 10.2. The Labute approximate surface area is 111 Å². The van der Waals surface area contributed by atoms with Crippen LogP contribution in [0.25, 0.3) is 11.1 Å². The van der Waals surface area contributed by atoms with Crippen LogP contribution in [0.15, 0.2) is 34.1 Å². The summed E-state index contributed by atoms with van der Waals surface area (Å²) in [6.07, 6.45) is 0. The molecule has 0 saturated heterocycles. The Morgan fingerprint density at radius 2 is 2.06 bits per heavy atom. The van der Waals surface area contributed by atoms with Crippen LogP contribution in [0.1, 0.15) is 9.67 Å². The second-order valence-corrected chi connectivity index (χ2v) is 5.22. The quantitative estimate of drug-likeness (QED) is 0.861. The monoisotopic (exact) mass is 312 g/mol. The summed E-state index contributed by atoms with van der Waals surface area (Å²) in [4.78, 5) is 11.9. The molecule has 1 heterocycles. The van der Waals surface area contributed by atoms with E-state index in [0.29, 0.717) is 4.88 Å². The van der Waals surface area contributed by atoms with Gasteiger partial charge >= 0.3 is 5.97 Å². The highest BCUT2D eigenvalue weighted by atomic mass is 79.9. The van der Waals surface area contributed by atoms with Gasteiger partial charge in [0.05, 0.1) is 7.11 Å². The maximum atomic E-state index is 11.3. The smallest absolute Gasteiger partial charge is 0.348 e. The van der Waals surface area contributed by atoms with Crippen molar-refractivity contribution in [2.75, 3.05) is 7.11 Å². The van der Waals surface area contributed by atoms with E-state index >= 15 is 0 Å². The number of esters is 1. The Morgan fingerprint density at radius 1 is 1.29 bits per heavy atom. The lowest BCUT2D eigenvalue weighted by Gasteiger charge is -2.00. The van der Waals surface area contributed by atoms with Gasteiger partial charge in [-0.2, -0.15) is 0 Å². The van der Waals surface area contributed by atoms with Crippen molar-refractivity contribution < 1.29 is 14.6 Å². The van der Waals surface area contributed by atoms with Crippen LogP contribution in [-0.4, -0.2) is 18.2 Å². The van der Waals surface area contributed by atoms with E-state index in [1.54, 1.807) is 18.2 Å². The van der Waals surface area contributed by atoms with Crippen molar-refractivity contribution in [1.82, 2.24) is 0 Å². The van der Waals surface area contributed by atoms with Gasteiger partial charge in [-0.3, -0.25) is 0 Å². The van der Waals surface area contributed by atoms with Crippen molar-refractivity contribution in [2.24, 2.45) is 0 Å². The predicted octanol–water partition coefficient (Wildman–Crippen LogP) is 3.67. The molecule has 0 fully saturated rings. The highest BCUT2D eigenvalue weighted by Crippen LogP contribution is 2.31. The van der Waals surface area contributed by atoms with Gasteiger partial charge in [0.25, 0.3) is 0 Å². The van der Waals surface area contributed by atoms with E-state index in [4.69, 9.17) is 0 Å². The molecule has 0 saturated carbocycles. The minimum Gasteiger partial charge on any atom is -0.508 e. The zero-order chi connectivity index (χ0) is 12.4. The lowest BCUT2D eigenvalue weighted by Crippen LogP contribution is -1.96. The molecule has 0 amide bonds. The van der Waals surface area contributed by atoms with E-state index in [0.717, 1.165) is 15.6 Å². The highest BCUT2D eigenvalue weighted by molar-refractivity contribution is 9.10. The van der Waals surface area contributed by atoms with Crippen molar-refractivity contribution in [3.63, 3.8) is 0 Å². The van der Waals surface area contributed by atoms with E-state index < -0.39 is 0 Å². The summed E-state index contributed by atoms with van der Waals surface area (Å²) >= 11 is 4.63. The lowest BCUT2D eigenvalue weighted by atomic mass is 10.1. The third kappa shape index (κ3) is 2.68. The molecule has 2 rings (SSSR count). The molecule has 0 bridgehead atoms. The van der Waals surface area contributed by atoms with Crippen molar-refractivity contribution in [1.29, 1.82) is 0 Å². The van der Waals surface area contributed by atoms with Crippen molar-refractivity contribution in [3.8, 4) is 16.9 Å². The number of carbonyl (C=O) groups is 1. The minimum absolute atomic E-state index is 0.181. The van der Waals surface area contributed by atoms with Crippen molar-refractivity contribution in [2.45, 2.75) is 0 Å². The number of aromatic hydroxyl groups is 1. The van der Waals surface area contributed by atoms with Gasteiger partial charge in [-0.25, -0.2) is 4.79 Å². The predicted molar refractivity (Wildman–Crippen MR) is 70.5 cm³/mol. The molecule has 0 aliphatic rings. The van der Waals surface area contributed by atoms with E-state index in [-0.39, 0.29) is 11.7 Å². The van der Waals surface area contributed by atoms with Crippen LogP contribution in [0.3, 0.4) is 0 Å². The highest BCUT2D eigenvalue weighted by Gasteiger charge is 2.10. The van der Waals surface area contributed by atoms with Crippen LogP contribution in [0.2, 0.25) is 0 Å². The topological polar surface area (TPSA) is 46.5 Å². The van der Waals surface area contributed by atoms with Crippen LogP contribution < -0.4 is 0 Å². The number of ether oxygens (including phenoxy) is 1. The standard InChI is InChI=1S/C12H9BrO3S/c1-16-12(15)11-4-8(6-17-11)7-2-9(13)5-10(14)3-7/h2-6,14H,1H3. The number of phenols is 1. The van der Waals surface area contributed by atoms with Gasteiger partial charge in [-0.1, -0.05) is 15.9 Å². The maximum absolute atomic E-state index is 11.3. The summed E-state index contributed by atoms with van der Waals surface area (Å²) in [6, 6.07) is 6.88. The maximum Gasteiger partial charge on any atom is 0.348 e. The van der Waals surface area contributed by atoms with Gasteiger partial charge in [0.15, 0.2) is 0 Å². The van der Waals surface area contributed by atoms with Crippen LogP contribution >= 0.6 is 27.3 Å². The number of methoxy groups -OCH3 is 1. The van der Waals surface area contributed by atoms with E-state index in [9.17, 15) is 9.90 Å². The van der Waals surface area contributed by atoms with Gasteiger partial charge < -0.3 is 9.84 Å². The second kappa shape index (κ2) is 4.89. The van der Waals surface area contributed by atoms with Gasteiger partial charge in [-0.15, -0.1) is 11.3 Å². The van der Waals surface area contributed by atoms with Crippen LogP contribution in [0, 0.1) is 0 Å². The van der Waals surface area contributed by atoms with Crippen molar-refractivity contribution in [3.05, 3.63) is 39.0 Å². The average Bonchev–Trinajstić information content (AvgIpc) is 2.76. The molecule has 1 N–H and O–H groups in total. The molecule has 0 spiro atoms. The molecule has 0 aliphatic carbocycles.